The van der Waals surface area contributed by atoms with Crippen LogP contribution in [0.4, 0.5) is 0 Å². The van der Waals surface area contributed by atoms with Gasteiger partial charge in [-0.15, -0.1) is 0 Å². The van der Waals surface area contributed by atoms with Crippen molar-refractivity contribution in [3.05, 3.63) is 0 Å². The van der Waals surface area contributed by atoms with Gasteiger partial charge in [0.15, 0.2) is 0 Å². The van der Waals surface area contributed by atoms with Gasteiger partial charge in [-0.3, -0.25) is 0 Å². The van der Waals surface area contributed by atoms with Crippen LogP contribution in [0.15, 0.2) is 0 Å². The van der Waals surface area contributed by atoms with Crippen LogP contribution in [-0.2, 0) is 9.84 Å². The molecule has 0 aromatic rings. The lowest BCUT2D eigenvalue weighted by atomic mass is 9.77. The van der Waals surface area contributed by atoms with E-state index in [1.165, 1.54) is 31.9 Å². The molecule has 1 rings (SSSR count). The molecule has 0 heterocycles. The maximum atomic E-state index is 11.1. The molecule has 3 nitrogen and oxygen atoms in total. The van der Waals surface area contributed by atoms with Crippen molar-refractivity contribution in [3.63, 3.8) is 0 Å². The van der Waals surface area contributed by atoms with Gasteiger partial charge in [0.2, 0.25) is 0 Å². The predicted octanol–water partition coefficient (Wildman–Crippen LogP) is 1.84. The van der Waals surface area contributed by atoms with E-state index in [-0.39, 0.29) is 0 Å². The Morgan fingerprint density at radius 1 is 1.19 bits per heavy atom. The lowest BCUT2D eigenvalue weighted by Gasteiger charge is -2.31. The van der Waals surface area contributed by atoms with E-state index in [9.17, 15) is 8.42 Å². The molecule has 0 saturated heterocycles. The maximum Gasteiger partial charge on any atom is 0.147 e. The molecule has 0 spiro atoms. The molecule has 1 saturated carbocycles. The van der Waals surface area contributed by atoms with Crippen LogP contribution in [0, 0.1) is 11.8 Å². The van der Waals surface area contributed by atoms with E-state index in [4.69, 9.17) is 0 Å². The molecule has 0 bridgehead atoms. The normalized spacial score (nSPS) is 26.9. The highest BCUT2D eigenvalue weighted by molar-refractivity contribution is 7.90. The molecule has 4 heteroatoms. The zero-order chi connectivity index (χ0) is 12.0. The summed E-state index contributed by atoms with van der Waals surface area (Å²) in [5, 5.41) is 3.26. The van der Waals surface area contributed by atoms with Gasteiger partial charge in [0, 0.05) is 12.0 Å². The Morgan fingerprint density at radius 3 is 2.38 bits per heavy atom. The summed E-state index contributed by atoms with van der Waals surface area (Å²) in [7, 11) is -0.768. The highest BCUT2D eigenvalue weighted by atomic mass is 32.2. The molecule has 0 aromatic heterocycles. The summed E-state index contributed by atoms with van der Waals surface area (Å²) in [6.45, 7) is 1.09. The second-order valence-electron chi connectivity index (χ2n) is 5.13. The van der Waals surface area contributed by atoms with Crippen molar-refractivity contribution in [3.8, 4) is 0 Å². The minimum Gasteiger partial charge on any atom is -0.319 e. The number of sulfone groups is 1. The van der Waals surface area contributed by atoms with Crippen LogP contribution in [0.5, 0.6) is 0 Å². The van der Waals surface area contributed by atoms with Gasteiger partial charge in [-0.25, -0.2) is 8.42 Å². The van der Waals surface area contributed by atoms with Crippen molar-refractivity contribution < 1.29 is 8.42 Å². The van der Waals surface area contributed by atoms with E-state index in [2.05, 4.69) is 5.32 Å². The molecule has 2 atom stereocenters. The monoisotopic (exact) mass is 247 g/mol. The standard InChI is InChI=1S/C12H25NO2S/c1-13-10-12-7-4-3-6-11(12)8-5-9-16(2,14)15/h11-13H,3-10H2,1-2H3. The van der Waals surface area contributed by atoms with Crippen LogP contribution in [0.25, 0.3) is 0 Å². The van der Waals surface area contributed by atoms with Gasteiger partial charge in [-0.2, -0.15) is 0 Å². The smallest absolute Gasteiger partial charge is 0.147 e. The molecule has 0 amide bonds. The fourth-order valence-corrected chi connectivity index (χ4v) is 3.49. The molecule has 16 heavy (non-hydrogen) atoms. The van der Waals surface area contributed by atoms with Crippen LogP contribution in [0.2, 0.25) is 0 Å². The molecule has 0 aliphatic heterocycles. The van der Waals surface area contributed by atoms with Crippen molar-refractivity contribution in [2.24, 2.45) is 11.8 Å². The first-order chi connectivity index (χ1) is 7.53. The minimum absolute atomic E-state index is 0.357. The van der Waals surface area contributed by atoms with Crippen molar-refractivity contribution in [1.29, 1.82) is 0 Å². The summed E-state index contributed by atoms with van der Waals surface area (Å²) in [6.07, 6.45) is 8.52. The van der Waals surface area contributed by atoms with Gasteiger partial charge in [-0.1, -0.05) is 19.3 Å². The highest BCUT2D eigenvalue weighted by Crippen LogP contribution is 2.32. The van der Waals surface area contributed by atoms with E-state index in [0.717, 1.165) is 31.2 Å². The predicted molar refractivity (Wildman–Crippen MR) is 68.3 cm³/mol. The summed E-state index contributed by atoms with van der Waals surface area (Å²) in [5.41, 5.74) is 0. The van der Waals surface area contributed by atoms with E-state index in [0.29, 0.717) is 5.75 Å². The minimum atomic E-state index is -2.77. The molecule has 0 aromatic carbocycles. The third-order valence-corrected chi connectivity index (χ3v) is 4.65. The molecular formula is C12H25NO2S. The van der Waals surface area contributed by atoms with Crippen LogP contribution in [-0.4, -0.2) is 34.0 Å². The average molecular weight is 247 g/mol. The van der Waals surface area contributed by atoms with E-state index >= 15 is 0 Å². The van der Waals surface area contributed by atoms with Crippen molar-refractivity contribution in [2.75, 3.05) is 25.6 Å². The molecule has 1 aliphatic carbocycles. The van der Waals surface area contributed by atoms with Gasteiger partial charge in [0.1, 0.15) is 9.84 Å². The van der Waals surface area contributed by atoms with Crippen LogP contribution >= 0.6 is 0 Å². The second-order valence-corrected chi connectivity index (χ2v) is 7.39. The third kappa shape index (κ3) is 5.30. The summed E-state index contributed by atoms with van der Waals surface area (Å²) in [6, 6.07) is 0. The van der Waals surface area contributed by atoms with Crippen molar-refractivity contribution in [2.45, 2.75) is 38.5 Å². The Balaban J connectivity index is 2.32. The van der Waals surface area contributed by atoms with Crippen LogP contribution < -0.4 is 5.32 Å². The first-order valence-electron chi connectivity index (χ1n) is 6.35. The fraction of sp³-hybridized carbons (Fsp3) is 1.00. The maximum absolute atomic E-state index is 11.1. The first kappa shape index (κ1) is 14.0. The second kappa shape index (κ2) is 6.60. The SMILES string of the molecule is CNCC1CCCCC1CCCS(C)(=O)=O. The quantitative estimate of drug-likeness (QED) is 0.779. The van der Waals surface area contributed by atoms with Crippen molar-refractivity contribution >= 4 is 9.84 Å². The van der Waals surface area contributed by atoms with Gasteiger partial charge < -0.3 is 5.32 Å². The summed E-state index contributed by atoms with van der Waals surface area (Å²) in [5.74, 6) is 1.86. The molecule has 2 unspecified atom stereocenters. The number of rotatable bonds is 6. The lowest BCUT2D eigenvalue weighted by Crippen LogP contribution is -2.29. The van der Waals surface area contributed by atoms with E-state index < -0.39 is 9.84 Å². The van der Waals surface area contributed by atoms with Gasteiger partial charge in [0.05, 0.1) is 0 Å². The highest BCUT2D eigenvalue weighted by Gasteiger charge is 2.24. The Morgan fingerprint density at radius 2 is 1.81 bits per heavy atom. The Bertz CT molecular complexity index is 285. The zero-order valence-corrected chi connectivity index (χ0v) is 11.4. The zero-order valence-electron chi connectivity index (χ0n) is 10.5. The average Bonchev–Trinajstić information content (AvgIpc) is 2.19. The molecule has 1 aliphatic rings. The summed E-state index contributed by atoms with van der Waals surface area (Å²) >= 11 is 0. The van der Waals surface area contributed by atoms with E-state index in [1.54, 1.807) is 0 Å². The fourth-order valence-electron chi connectivity index (χ4n) is 2.80. The summed E-state index contributed by atoms with van der Waals surface area (Å²) < 4.78 is 22.1. The Labute approximate surface area is 99.9 Å². The van der Waals surface area contributed by atoms with Gasteiger partial charge in [-0.05, 0) is 44.7 Å². The lowest BCUT2D eigenvalue weighted by molar-refractivity contribution is 0.220. The van der Waals surface area contributed by atoms with Gasteiger partial charge in [0.25, 0.3) is 0 Å². The number of nitrogens with one attached hydrogen (secondary N) is 1. The molecule has 1 fully saturated rings. The number of hydrogen-bond donors (Lipinski definition) is 1. The summed E-state index contributed by atoms with van der Waals surface area (Å²) in [4.78, 5) is 0. The molecule has 1 N–H and O–H groups in total. The molecule has 0 radical (unpaired) electrons. The third-order valence-electron chi connectivity index (χ3n) is 3.62. The van der Waals surface area contributed by atoms with E-state index in [1.807, 2.05) is 7.05 Å². The van der Waals surface area contributed by atoms with Crippen LogP contribution in [0.3, 0.4) is 0 Å². The topological polar surface area (TPSA) is 46.2 Å². The number of hydrogen-bond acceptors (Lipinski definition) is 3. The molecule has 96 valence electrons. The Hall–Kier alpha value is -0.0900. The first-order valence-corrected chi connectivity index (χ1v) is 8.41. The van der Waals surface area contributed by atoms with Gasteiger partial charge >= 0.3 is 0 Å². The largest absolute Gasteiger partial charge is 0.319 e. The molecular weight excluding hydrogens is 222 g/mol. The van der Waals surface area contributed by atoms with Crippen LogP contribution in [0.1, 0.15) is 38.5 Å². The van der Waals surface area contributed by atoms with Crippen molar-refractivity contribution in [1.82, 2.24) is 5.32 Å². The Kier molecular flexibility index (Phi) is 5.76.